The van der Waals surface area contributed by atoms with Gasteiger partial charge in [-0.05, 0) is 56.0 Å². The Labute approximate surface area is 168 Å². The molecule has 3 rings (SSSR count). The van der Waals surface area contributed by atoms with E-state index in [9.17, 15) is 8.42 Å². The van der Waals surface area contributed by atoms with Gasteiger partial charge in [-0.3, -0.25) is 4.55 Å². The molecule has 0 spiro atoms. The van der Waals surface area contributed by atoms with Crippen LogP contribution in [0.25, 0.3) is 11.3 Å². The normalized spacial score (nSPS) is 10.9. The Bertz CT molecular complexity index is 996. The minimum Gasteiger partial charge on any atom is -0.497 e. The number of rotatable bonds is 4. The first-order valence-corrected chi connectivity index (χ1v) is 11.5. The van der Waals surface area contributed by atoms with Gasteiger partial charge in [0.1, 0.15) is 10.1 Å². The van der Waals surface area contributed by atoms with E-state index >= 15 is 0 Å². The van der Waals surface area contributed by atoms with E-state index in [0.29, 0.717) is 5.56 Å². The molecule has 0 fully saturated rings. The SMILES string of the molecule is COc1ccc(-c2csc(SC)n2)cc1.Cc1ccc(S(=O)(=O)O)c(C)c1. The second-order valence-corrected chi connectivity index (χ2v) is 8.98. The van der Waals surface area contributed by atoms with Crippen molar-refractivity contribution in [3.8, 4) is 17.0 Å². The monoisotopic (exact) mass is 423 g/mol. The third-order valence-corrected chi connectivity index (χ3v) is 6.53. The molecule has 0 aliphatic carbocycles. The third-order valence-electron chi connectivity index (χ3n) is 3.65. The van der Waals surface area contributed by atoms with Crippen molar-refractivity contribution >= 4 is 33.2 Å². The van der Waals surface area contributed by atoms with E-state index in [1.165, 1.54) is 6.07 Å². The van der Waals surface area contributed by atoms with Crippen molar-refractivity contribution in [2.45, 2.75) is 23.1 Å². The quantitative estimate of drug-likeness (QED) is 0.465. The lowest BCUT2D eigenvalue weighted by molar-refractivity contribution is 0.415. The molecule has 0 bridgehead atoms. The second-order valence-electron chi connectivity index (χ2n) is 5.68. The summed E-state index contributed by atoms with van der Waals surface area (Å²) in [6.07, 6.45) is 2.04. The van der Waals surface area contributed by atoms with Crippen LogP contribution in [0.3, 0.4) is 0 Å². The van der Waals surface area contributed by atoms with Crippen molar-refractivity contribution in [1.29, 1.82) is 0 Å². The lowest BCUT2D eigenvalue weighted by Gasteiger charge is -2.02. The van der Waals surface area contributed by atoms with Gasteiger partial charge in [0.05, 0.1) is 17.7 Å². The van der Waals surface area contributed by atoms with Gasteiger partial charge in [-0.25, -0.2) is 4.98 Å². The van der Waals surface area contributed by atoms with Crippen molar-refractivity contribution in [1.82, 2.24) is 4.98 Å². The first kappa shape index (κ1) is 21.4. The number of thiazole rings is 1. The minimum absolute atomic E-state index is 0.0203. The Morgan fingerprint density at radius 2 is 1.78 bits per heavy atom. The molecule has 0 aliphatic heterocycles. The van der Waals surface area contributed by atoms with E-state index < -0.39 is 10.1 Å². The van der Waals surface area contributed by atoms with Gasteiger partial charge in [0.2, 0.25) is 0 Å². The van der Waals surface area contributed by atoms with E-state index in [4.69, 9.17) is 9.29 Å². The fourth-order valence-corrected chi connectivity index (χ4v) is 4.31. The van der Waals surface area contributed by atoms with Gasteiger partial charge in [0.15, 0.2) is 0 Å². The van der Waals surface area contributed by atoms with Crippen LogP contribution in [-0.4, -0.2) is 31.3 Å². The van der Waals surface area contributed by atoms with E-state index in [0.717, 1.165) is 26.9 Å². The van der Waals surface area contributed by atoms with Crippen LogP contribution >= 0.6 is 23.1 Å². The molecule has 0 amide bonds. The number of benzene rings is 2. The van der Waals surface area contributed by atoms with Gasteiger partial charge < -0.3 is 4.74 Å². The zero-order valence-electron chi connectivity index (χ0n) is 15.5. The van der Waals surface area contributed by atoms with Crippen molar-refractivity contribution in [2.24, 2.45) is 0 Å². The molecule has 1 N–H and O–H groups in total. The number of thioether (sulfide) groups is 1. The molecule has 1 heterocycles. The summed E-state index contributed by atoms with van der Waals surface area (Å²) in [6.45, 7) is 3.51. The van der Waals surface area contributed by atoms with Crippen molar-refractivity contribution < 1.29 is 17.7 Å². The topological polar surface area (TPSA) is 76.5 Å². The smallest absolute Gasteiger partial charge is 0.294 e. The van der Waals surface area contributed by atoms with Gasteiger partial charge in [-0.1, -0.05) is 29.5 Å². The molecule has 0 atom stereocenters. The molecular formula is C19H21NO4S3. The molecule has 0 unspecified atom stereocenters. The Morgan fingerprint density at radius 3 is 2.26 bits per heavy atom. The van der Waals surface area contributed by atoms with Gasteiger partial charge in [0, 0.05) is 10.9 Å². The van der Waals surface area contributed by atoms with Crippen LogP contribution in [0.1, 0.15) is 11.1 Å². The van der Waals surface area contributed by atoms with Gasteiger partial charge in [-0.2, -0.15) is 8.42 Å². The van der Waals surface area contributed by atoms with E-state index in [2.05, 4.69) is 10.4 Å². The summed E-state index contributed by atoms with van der Waals surface area (Å²) >= 11 is 3.35. The van der Waals surface area contributed by atoms with E-state index in [1.54, 1.807) is 49.3 Å². The van der Waals surface area contributed by atoms with Gasteiger partial charge in [0.25, 0.3) is 10.1 Å². The molecule has 5 nitrogen and oxygen atoms in total. The van der Waals surface area contributed by atoms with Crippen LogP contribution in [0, 0.1) is 13.8 Å². The Balaban J connectivity index is 0.000000199. The molecule has 2 aromatic carbocycles. The maximum atomic E-state index is 10.7. The number of aryl methyl sites for hydroxylation is 2. The highest BCUT2D eigenvalue weighted by Crippen LogP contribution is 2.27. The summed E-state index contributed by atoms with van der Waals surface area (Å²) < 4.78 is 36.4. The number of hydrogen-bond donors (Lipinski definition) is 1. The Morgan fingerprint density at radius 1 is 1.11 bits per heavy atom. The Hall–Kier alpha value is -1.87. The second kappa shape index (κ2) is 9.36. The molecule has 0 saturated heterocycles. The number of methoxy groups -OCH3 is 1. The zero-order chi connectivity index (χ0) is 20.0. The predicted octanol–water partition coefficient (Wildman–Crippen LogP) is 5.09. The summed E-state index contributed by atoms with van der Waals surface area (Å²) in [5.41, 5.74) is 3.71. The van der Waals surface area contributed by atoms with Crippen LogP contribution in [0.5, 0.6) is 5.75 Å². The standard InChI is InChI=1S/C11H11NOS2.C8H10O3S/c1-13-9-5-3-8(4-6-9)10-7-15-11(12-10)14-2;1-6-3-4-8(7(2)5-6)12(9,10)11/h3-7H,1-2H3;3-5H,1-2H3,(H,9,10,11). The summed E-state index contributed by atoms with van der Waals surface area (Å²) in [5, 5.41) is 2.08. The number of hydrogen-bond acceptors (Lipinski definition) is 6. The first-order chi connectivity index (χ1) is 12.7. The fourth-order valence-electron chi connectivity index (χ4n) is 2.33. The van der Waals surface area contributed by atoms with Crippen LogP contribution in [0.15, 0.2) is 57.1 Å². The minimum atomic E-state index is -4.05. The average molecular weight is 424 g/mol. The lowest BCUT2D eigenvalue weighted by Crippen LogP contribution is -2.00. The fraction of sp³-hybridized carbons (Fsp3) is 0.211. The first-order valence-electron chi connectivity index (χ1n) is 7.93. The Kier molecular flexibility index (Phi) is 7.43. The molecule has 8 heteroatoms. The van der Waals surface area contributed by atoms with Crippen molar-refractivity contribution in [3.05, 3.63) is 59.0 Å². The van der Waals surface area contributed by atoms with E-state index in [-0.39, 0.29) is 4.90 Å². The maximum Gasteiger partial charge on any atom is 0.294 e. The zero-order valence-corrected chi connectivity index (χ0v) is 17.9. The highest BCUT2D eigenvalue weighted by atomic mass is 32.2. The molecule has 3 aromatic rings. The number of nitrogens with zero attached hydrogens (tertiary/aromatic N) is 1. The lowest BCUT2D eigenvalue weighted by atomic mass is 10.2. The highest BCUT2D eigenvalue weighted by Gasteiger charge is 2.11. The summed E-state index contributed by atoms with van der Waals surface area (Å²) in [5.74, 6) is 0.874. The van der Waals surface area contributed by atoms with E-state index in [1.807, 2.05) is 37.4 Å². The predicted molar refractivity (Wildman–Crippen MR) is 112 cm³/mol. The van der Waals surface area contributed by atoms with Crippen molar-refractivity contribution in [3.63, 3.8) is 0 Å². The van der Waals surface area contributed by atoms with Crippen molar-refractivity contribution in [2.75, 3.05) is 13.4 Å². The summed E-state index contributed by atoms with van der Waals surface area (Å²) in [4.78, 5) is 4.47. The van der Waals surface area contributed by atoms with Gasteiger partial charge >= 0.3 is 0 Å². The summed E-state index contributed by atoms with van der Waals surface area (Å²) in [7, 11) is -2.38. The highest BCUT2D eigenvalue weighted by molar-refractivity contribution is 8.00. The maximum absolute atomic E-state index is 10.7. The largest absolute Gasteiger partial charge is 0.497 e. The molecule has 0 radical (unpaired) electrons. The summed E-state index contributed by atoms with van der Waals surface area (Å²) in [6, 6.07) is 12.7. The number of aromatic nitrogens is 1. The van der Waals surface area contributed by atoms with Gasteiger partial charge in [-0.15, -0.1) is 11.3 Å². The molecule has 0 aliphatic rings. The molecule has 27 heavy (non-hydrogen) atoms. The molecular weight excluding hydrogens is 402 g/mol. The third kappa shape index (κ3) is 6.07. The average Bonchev–Trinajstić information content (AvgIpc) is 3.10. The number of ether oxygens (including phenoxy) is 1. The van der Waals surface area contributed by atoms with Crippen LogP contribution in [-0.2, 0) is 10.1 Å². The molecule has 1 aromatic heterocycles. The van der Waals surface area contributed by atoms with Crippen LogP contribution < -0.4 is 4.74 Å². The molecule has 144 valence electrons. The van der Waals surface area contributed by atoms with Crippen LogP contribution in [0.4, 0.5) is 0 Å². The molecule has 0 saturated carbocycles. The van der Waals surface area contributed by atoms with Crippen LogP contribution in [0.2, 0.25) is 0 Å².